The number of aryl methyl sites for hydroxylation is 1. The van der Waals surface area contributed by atoms with E-state index in [2.05, 4.69) is 25.5 Å². The third-order valence-electron chi connectivity index (χ3n) is 4.95. The molecule has 3 aromatic rings. The minimum atomic E-state index is -2.99. The monoisotopic (exact) mass is 373 g/mol. The summed E-state index contributed by atoms with van der Waals surface area (Å²) in [6, 6.07) is 6.43. The topological polar surface area (TPSA) is 75.7 Å². The number of nitrogens with one attached hydrogen (secondary N) is 2. The van der Waals surface area contributed by atoms with Gasteiger partial charge in [-0.25, -0.2) is 9.97 Å². The molecule has 0 saturated heterocycles. The first-order chi connectivity index (χ1) is 13.0. The van der Waals surface area contributed by atoms with Crippen molar-refractivity contribution in [1.29, 1.82) is 0 Å². The lowest BCUT2D eigenvalue weighted by atomic mass is 10.1. The zero-order chi connectivity index (χ0) is 18.9. The molecule has 8 heteroatoms. The van der Waals surface area contributed by atoms with Gasteiger partial charge in [0.15, 0.2) is 5.65 Å². The van der Waals surface area contributed by atoms with Gasteiger partial charge in [-0.05, 0) is 26.2 Å². The molecule has 2 atom stereocenters. The van der Waals surface area contributed by atoms with E-state index in [1.165, 1.54) is 18.5 Å². The van der Waals surface area contributed by atoms with E-state index in [0.717, 1.165) is 23.8 Å². The number of hydrogen-bond acceptors (Lipinski definition) is 5. The average Bonchev–Trinajstić information content (AvgIpc) is 3.30. The number of hydrogen-bond donors (Lipinski definition) is 2. The Hall–Kier alpha value is -2.61. The highest BCUT2D eigenvalue weighted by atomic mass is 19.3. The van der Waals surface area contributed by atoms with Crippen LogP contribution >= 0.6 is 0 Å². The van der Waals surface area contributed by atoms with E-state index in [-0.39, 0.29) is 17.7 Å². The smallest absolute Gasteiger partial charge is 0.296 e. The number of aromatic amines is 1. The highest BCUT2D eigenvalue weighted by molar-refractivity contribution is 5.85. The Bertz CT molecular complexity index is 912. The summed E-state index contributed by atoms with van der Waals surface area (Å²) in [5.74, 6) is -2.29. The van der Waals surface area contributed by atoms with Crippen molar-refractivity contribution in [1.82, 2.24) is 20.2 Å². The van der Waals surface area contributed by atoms with Crippen LogP contribution in [-0.4, -0.2) is 38.9 Å². The molecule has 0 spiro atoms. The van der Waals surface area contributed by atoms with Crippen LogP contribution in [-0.2, 0) is 10.7 Å². The molecule has 0 amide bonds. The molecule has 27 heavy (non-hydrogen) atoms. The quantitative estimate of drug-likeness (QED) is 0.687. The van der Waals surface area contributed by atoms with E-state index < -0.39 is 12.5 Å². The molecule has 6 nitrogen and oxygen atoms in total. The zero-order valence-corrected chi connectivity index (χ0v) is 15.0. The first-order valence-electron chi connectivity index (χ1n) is 8.98. The summed E-state index contributed by atoms with van der Waals surface area (Å²) in [6.07, 6.45) is 5.18. The van der Waals surface area contributed by atoms with E-state index in [0.29, 0.717) is 17.9 Å². The van der Waals surface area contributed by atoms with Gasteiger partial charge in [0, 0.05) is 11.6 Å². The molecular weight excluding hydrogens is 352 g/mol. The van der Waals surface area contributed by atoms with Crippen LogP contribution in [0.2, 0.25) is 0 Å². The third kappa shape index (κ3) is 3.90. The van der Waals surface area contributed by atoms with Crippen molar-refractivity contribution in [2.24, 2.45) is 0 Å². The Kier molecular flexibility index (Phi) is 4.73. The fourth-order valence-electron chi connectivity index (χ4n) is 3.40. The Morgan fingerprint density at radius 3 is 2.85 bits per heavy atom. The third-order valence-corrected chi connectivity index (χ3v) is 4.95. The lowest BCUT2D eigenvalue weighted by Gasteiger charge is -2.20. The first-order valence-corrected chi connectivity index (χ1v) is 8.98. The van der Waals surface area contributed by atoms with Crippen LogP contribution in [0.15, 0.2) is 36.8 Å². The van der Waals surface area contributed by atoms with Crippen LogP contribution in [0.4, 0.5) is 14.6 Å². The van der Waals surface area contributed by atoms with Gasteiger partial charge in [-0.3, -0.25) is 5.10 Å². The van der Waals surface area contributed by atoms with Crippen LogP contribution in [0, 0.1) is 6.92 Å². The van der Waals surface area contributed by atoms with Crippen LogP contribution in [0.25, 0.3) is 11.0 Å². The highest BCUT2D eigenvalue weighted by Crippen LogP contribution is 2.32. The number of alkyl halides is 2. The van der Waals surface area contributed by atoms with Crippen LogP contribution < -0.4 is 5.32 Å². The Morgan fingerprint density at radius 2 is 2.04 bits per heavy atom. The van der Waals surface area contributed by atoms with Gasteiger partial charge in [-0.2, -0.15) is 13.9 Å². The van der Waals surface area contributed by atoms with E-state index in [1.54, 1.807) is 18.3 Å². The van der Waals surface area contributed by atoms with Crippen molar-refractivity contribution in [3.8, 4) is 0 Å². The van der Waals surface area contributed by atoms with Gasteiger partial charge < -0.3 is 10.1 Å². The number of nitrogens with zero attached hydrogens (tertiary/aromatic N) is 3. The average molecular weight is 373 g/mol. The number of rotatable bonds is 6. The number of benzene rings is 1. The van der Waals surface area contributed by atoms with Crippen molar-refractivity contribution in [2.75, 3.05) is 11.9 Å². The number of halogens is 2. The van der Waals surface area contributed by atoms with Gasteiger partial charge in [-0.15, -0.1) is 0 Å². The number of aromatic nitrogens is 4. The maximum Gasteiger partial charge on any atom is 0.296 e. The van der Waals surface area contributed by atoms with Crippen molar-refractivity contribution in [3.63, 3.8) is 0 Å². The van der Waals surface area contributed by atoms with Crippen molar-refractivity contribution < 1.29 is 13.5 Å². The lowest BCUT2D eigenvalue weighted by molar-refractivity contribution is -0.103. The fourth-order valence-corrected chi connectivity index (χ4v) is 3.40. The number of fused-ring (bicyclic) bond motifs is 1. The molecule has 0 bridgehead atoms. The Morgan fingerprint density at radius 1 is 1.22 bits per heavy atom. The molecule has 1 unspecified atom stereocenters. The van der Waals surface area contributed by atoms with Gasteiger partial charge in [0.2, 0.25) is 0 Å². The largest absolute Gasteiger partial charge is 0.371 e. The van der Waals surface area contributed by atoms with Crippen molar-refractivity contribution in [3.05, 3.63) is 47.9 Å². The number of anilines is 1. The van der Waals surface area contributed by atoms with Crippen LogP contribution in [0.3, 0.4) is 0 Å². The molecule has 1 saturated carbocycles. The van der Waals surface area contributed by atoms with Gasteiger partial charge >= 0.3 is 0 Å². The minimum absolute atomic E-state index is 0.0101. The molecule has 1 fully saturated rings. The molecule has 2 aromatic heterocycles. The number of H-pyrrole nitrogens is 1. The van der Waals surface area contributed by atoms with E-state index >= 15 is 0 Å². The van der Waals surface area contributed by atoms with E-state index in [9.17, 15) is 8.78 Å². The SMILES string of the molecule is Cc1ccc(C(F)(F)CO[C@H]2CCC(Nc3ncnc4[nH]ncc34)C2)cc1. The summed E-state index contributed by atoms with van der Waals surface area (Å²) in [5, 5.41) is 10.9. The first kappa shape index (κ1) is 17.8. The standard InChI is InChI=1S/C19H21F2N5O/c1-12-2-4-13(5-3-12)19(20,21)10-27-15-7-6-14(8-15)25-17-16-9-24-26-18(16)23-11-22-17/h2-5,9,11,14-15H,6-8,10H2,1H3,(H2,22,23,24,25,26)/t14?,15-/m0/s1. The second kappa shape index (κ2) is 7.19. The molecule has 1 aromatic carbocycles. The summed E-state index contributed by atoms with van der Waals surface area (Å²) in [6.45, 7) is 1.27. The molecule has 0 radical (unpaired) electrons. The van der Waals surface area contributed by atoms with Gasteiger partial charge in [-0.1, -0.05) is 29.8 Å². The van der Waals surface area contributed by atoms with Gasteiger partial charge in [0.25, 0.3) is 5.92 Å². The van der Waals surface area contributed by atoms with Crippen LogP contribution in [0.5, 0.6) is 0 Å². The number of ether oxygens (including phenoxy) is 1. The predicted molar refractivity (Wildman–Crippen MR) is 97.8 cm³/mol. The molecular formula is C19H21F2N5O. The molecule has 0 aliphatic heterocycles. The van der Waals surface area contributed by atoms with Crippen molar-refractivity contribution in [2.45, 2.75) is 44.3 Å². The molecule has 1 aliphatic rings. The lowest BCUT2D eigenvalue weighted by Crippen LogP contribution is -2.25. The van der Waals surface area contributed by atoms with Gasteiger partial charge in [0.1, 0.15) is 18.8 Å². The van der Waals surface area contributed by atoms with Crippen molar-refractivity contribution >= 4 is 16.9 Å². The zero-order valence-electron chi connectivity index (χ0n) is 15.0. The molecule has 1 aliphatic carbocycles. The second-order valence-corrected chi connectivity index (χ2v) is 7.01. The summed E-state index contributed by atoms with van der Waals surface area (Å²) in [4.78, 5) is 8.36. The Balaban J connectivity index is 1.33. The summed E-state index contributed by atoms with van der Waals surface area (Å²) in [7, 11) is 0. The minimum Gasteiger partial charge on any atom is -0.371 e. The molecule has 2 heterocycles. The molecule has 4 rings (SSSR count). The van der Waals surface area contributed by atoms with Gasteiger partial charge in [0.05, 0.1) is 17.7 Å². The maximum atomic E-state index is 14.4. The normalized spacial score (nSPS) is 20.3. The summed E-state index contributed by atoms with van der Waals surface area (Å²) in [5.41, 5.74) is 1.61. The van der Waals surface area contributed by atoms with E-state index in [1.807, 2.05) is 6.92 Å². The molecule has 142 valence electrons. The summed E-state index contributed by atoms with van der Waals surface area (Å²) >= 11 is 0. The fraction of sp³-hybridized carbons (Fsp3) is 0.421. The Labute approximate surface area is 155 Å². The molecule has 2 N–H and O–H groups in total. The second-order valence-electron chi connectivity index (χ2n) is 7.01. The van der Waals surface area contributed by atoms with E-state index in [4.69, 9.17) is 4.74 Å². The highest BCUT2D eigenvalue weighted by Gasteiger charge is 2.35. The predicted octanol–water partition coefficient (Wildman–Crippen LogP) is 3.80. The maximum absolute atomic E-state index is 14.4. The summed E-state index contributed by atoms with van der Waals surface area (Å²) < 4.78 is 34.3. The van der Waals surface area contributed by atoms with Crippen LogP contribution in [0.1, 0.15) is 30.4 Å².